The van der Waals surface area contributed by atoms with Crippen LogP contribution < -0.4 is 10.6 Å². The van der Waals surface area contributed by atoms with Gasteiger partial charge in [0, 0.05) is 6.54 Å². The standard InChI is InChI=1S/C15H12F4N2O/c16-10-4-2-1-3-9(10)7-8-20-15(22)21-12-6-5-11(17)13(18)14(12)19/h1-6H,7-8H2,(H2,20,21,22). The van der Waals surface area contributed by atoms with Gasteiger partial charge in [-0.3, -0.25) is 0 Å². The Bertz CT molecular complexity index is 691. The molecule has 3 nitrogen and oxygen atoms in total. The van der Waals surface area contributed by atoms with E-state index < -0.39 is 35.0 Å². The largest absolute Gasteiger partial charge is 0.338 e. The van der Waals surface area contributed by atoms with Crippen molar-refractivity contribution >= 4 is 11.7 Å². The van der Waals surface area contributed by atoms with Crippen LogP contribution in [-0.4, -0.2) is 12.6 Å². The minimum absolute atomic E-state index is 0.0953. The van der Waals surface area contributed by atoms with Crippen molar-refractivity contribution < 1.29 is 22.4 Å². The summed E-state index contributed by atoms with van der Waals surface area (Å²) in [5.41, 5.74) is -0.0656. The van der Waals surface area contributed by atoms with Gasteiger partial charge in [0.25, 0.3) is 0 Å². The highest BCUT2D eigenvalue weighted by Crippen LogP contribution is 2.19. The average molecular weight is 312 g/mol. The Kier molecular flexibility index (Phi) is 4.98. The molecular formula is C15H12F4N2O. The molecule has 0 aromatic heterocycles. The van der Waals surface area contributed by atoms with Crippen molar-refractivity contribution in [3.05, 3.63) is 65.2 Å². The molecule has 0 saturated carbocycles. The second-order valence-corrected chi connectivity index (χ2v) is 4.45. The minimum Gasteiger partial charge on any atom is -0.338 e. The highest BCUT2D eigenvalue weighted by atomic mass is 19.2. The van der Waals surface area contributed by atoms with Crippen molar-refractivity contribution in [3.63, 3.8) is 0 Å². The third kappa shape index (κ3) is 3.75. The zero-order valence-electron chi connectivity index (χ0n) is 11.3. The van der Waals surface area contributed by atoms with Crippen LogP contribution in [0.3, 0.4) is 0 Å². The fourth-order valence-corrected chi connectivity index (χ4v) is 1.80. The van der Waals surface area contributed by atoms with E-state index in [0.717, 1.165) is 6.07 Å². The SMILES string of the molecule is O=C(NCCc1ccccc1F)Nc1ccc(F)c(F)c1F. The van der Waals surface area contributed by atoms with Crippen molar-refractivity contribution in [1.29, 1.82) is 0 Å². The lowest BCUT2D eigenvalue weighted by Gasteiger charge is -2.09. The zero-order chi connectivity index (χ0) is 16.1. The van der Waals surface area contributed by atoms with Crippen LogP contribution in [-0.2, 0) is 6.42 Å². The molecule has 7 heteroatoms. The molecule has 0 aliphatic rings. The molecule has 0 spiro atoms. The van der Waals surface area contributed by atoms with Crippen LogP contribution in [0.1, 0.15) is 5.56 Å². The molecule has 2 amide bonds. The summed E-state index contributed by atoms with van der Waals surface area (Å²) in [4.78, 5) is 11.5. The first-order valence-corrected chi connectivity index (χ1v) is 6.41. The summed E-state index contributed by atoms with van der Waals surface area (Å²) in [5.74, 6) is -4.88. The number of nitrogens with one attached hydrogen (secondary N) is 2. The summed E-state index contributed by atoms with van der Waals surface area (Å²) >= 11 is 0. The number of carbonyl (C=O) groups is 1. The highest BCUT2D eigenvalue weighted by molar-refractivity contribution is 5.89. The normalized spacial score (nSPS) is 10.4. The fraction of sp³-hybridized carbons (Fsp3) is 0.133. The summed E-state index contributed by atoms with van der Waals surface area (Å²) in [7, 11) is 0. The van der Waals surface area contributed by atoms with E-state index in [1.807, 2.05) is 0 Å². The number of urea groups is 1. The lowest BCUT2D eigenvalue weighted by molar-refractivity contribution is 0.252. The molecular weight excluding hydrogens is 300 g/mol. The summed E-state index contributed by atoms with van der Waals surface area (Å²) in [5, 5.41) is 4.42. The second-order valence-electron chi connectivity index (χ2n) is 4.45. The zero-order valence-corrected chi connectivity index (χ0v) is 11.3. The van der Waals surface area contributed by atoms with Gasteiger partial charge in [-0.25, -0.2) is 22.4 Å². The van der Waals surface area contributed by atoms with Gasteiger partial charge < -0.3 is 10.6 Å². The van der Waals surface area contributed by atoms with Gasteiger partial charge in [0.2, 0.25) is 0 Å². The van der Waals surface area contributed by atoms with Gasteiger partial charge in [-0.05, 0) is 30.2 Å². The van der Waals surface area contributed by atoms with E-state index in [2.05, 4.69) is 10.6 Å². The molecule has 0 heterocycles. The maximum Gasteiger partial charge on any atom is 0.319 e. The smallest absolute Gasteiger partial charge is 0.319 e. The van der Waals surface area contributed by atoms with E-state index in [1.165, 1.54) is 6.07 Å². The van der Waals surface area contributed by atoms with Crippen LogP contribution in [0.2, 0.25) is 0 Å². The van der Waals surface area contributed by atoms with Crippen LogP contribution >= 0.6 is 0 Å². The van der Waals surface area contributed by atoms with Crippen molar-refractivity contribution in [2.45, 2.75) is 6.42 Å². The van der Waals surface area contributed by atoms with Gasteiger partial charge in [0.15, 0.2) is 17.5 Å². The Balaban J connectivity index is 1.89. The molecule has 0 radical (unpaired) electrons. The number of halogens is 4. The Labute approximate surface area is 124 Å². The third-order valence-corrected chi connectivity index (χ3v) is 2.92. The lowest BCUT2D eigenvalue weighted by atomic mass is 10.1. The monoisotopic (exact) mass is 312 g/mol. The molecule has 0 atom stereocenters. The molecule has 0 bridgehead atoms. The molecule has 0 saturated heterocycles. The molecule has 2 rings (SSSR count). The molecule has 22 heavy (non-hydrogen) atoms. The minimum atomic E-state index is -1.66. The van der Waals surface area contributed by atoms with Crippen molar-refractivity contribution in [2.75, 3.05) is 11.9 Å². The van der Waals surface area contributed by atoms with E-state index in [0.29, 0.717) is 11.6 Å². The number of anilines is 1. The molecule has 0 fully saturated rings. The Morgan fingerprint density at radius 1 is 0.909 bits per heavy atom. The van der Waals surface area contributed by atoms with E-state index in [4.69, 9.17) is 0 Å². The predicted molar refractivity (Wildman–Crippen MR) is 73.4 cm³/mol. The third-order valence-electron chi connectivity index (χ3n) is 2.92. The number of hydrogen-bond acceptors (Lipinski definition) is 1. The molecule has 0 aliphatic heterocycles. The molecule has 2 aromatic carbocycles. The van der Waals surface area contributed by atoms with Crippen molar-refractivity contribution in [1.82, 2.24) is 5.32 Å². The summed E-state index contributed by atoms with van der Waals surface area (Å²) < 4.78 is 52.4. The van der Waals surface area contributed by atoms with Gasteiger partial charge in [-0.15, -0.1) is 0 Å². The quantitative estimate of drug-likeness (QED) is 0.657. The van der Waals surface area contributed by atoms with Gasteiger partial charge in [0.1, 0.15) is 5.82 Å². The number of rotatable bonds is 4. The van der Waals surface area contributed by atoms with Crippen LogP contribution in [0.25, 0.3) is 0 Å². The Morgan fingerprint density at radius 2 is 1.64 bits per heavy atom. The van der Waals surface area contributed by atoms with Crippen LogP contribution in [0.4, 0.5) is 28.0 Å². The van der Waals surface area contributed by atoms with E-state index in [9.17, 15) is 22.4 Å². The van der Waals surface area contributed by atoms with Gasteiger partial charge in [-0.1, -0.05) is 18.2 Å². The number of amides is 2. The van der Waals surface area contributed by atoms with Gasteiger partial charge in [-0.2, -0.15) is 0 Å². The van der Waals surface area contributed by atoms with Crippen molar-refractivity contribution in [3.8, 4) is 0 Å². The first-order valence-electron chi connectivity index (χ1n) is 6.41. The predicted octanol–water partition coefficient (Wildman–Crippen LogP) is 3.61. The maximum absolute atomic E-state index is 13.4. The number of hydrogen-bond donors (Lipinski definition) is 2. The number of carbonyl (C=O) groups excluding carboxylic acids is 1. The summed E-state index contributed by atoms with van der Waals surface area (Å²) in [6.45, 7) is 0.0953. The van der Waals surface area contributed by atoms with E-state index >= 15 is 0 Å². The second kappa shape index (κ2) is 6.93. The lowest BCUT2D eigenvalue weighted by Crippen LogP contribution is -2.31. The molecule has 0 unspecified atom stereocenters. The first-order chi connectivity index (χ1) is 10.5. The van der Waals surface area contributed by atoms with E-state index in [1.54, 1.807) is 18.2 Å². The van der Waals surface area contributed by atoms with Crippen LogP contribution in [0.5, 0.6) is 0 Å². The van der Waals surface area contributed by atoms with E-state index in [-0.39, 0.29) is 13.0 Å². The highest BCUT2D eigenvalue weighted by Gasteiger charge is 2.14. The Hall–Kier alpha value is -2.57. The average Bonchev–Trinajstić information content (AvgIpc) is 2.50. The molecule has 2 aromatic rings. The van der Waals surface area contributed by atoms with Gasteiger partial charge in [0.05, 0.1) is 5.69 Å². The topological polar surface area (TPSA) is 41.1 Å². The van der Waals surface area contributed by atoms with Gasteiger partial charge >= 0.3 is 6.03 Å². The first kappa shape index (κ1) is 15.8. The Morgan fingerprint density at radius 3 is 2.36 bits per heavy atom. The molecule has 2 N–H and O–H groups in total. The fourth-order valence-electron chi connectivity index (χ4n) is 1.80. The maximum atomic E-state index is 13.4. The molecule has 0 aliphatic carbocycles. The summed E-state index contributed by atoms with van der Waals surface area (Å²) in [6, 6.07) is 6.88. The van der Waals surface area contributed by atoms with Crippen LogP contribution in [0.15, 0.2) is 36.4 Å². The van der Waals surface area contributed by atoms with Crippen LogP contribution in [0, 0.1) is 23.3 Å². The summed E-state index contributed by atoms with van der Waals surface area (Å²) in [6.07, 6.45) is 0.236. The molecule has 116 valence electrons. The number of benzene rings is 2. The van der Waals surface area contributed by atoms with Crippen molar-refractivity contribution in [2.24, 2.45) is 0 Å².